The average molecular weight is 457 g/mol. The molecule has 2 aromatic rings. The molecule has 0 aliphatic carbocycles. The molecule has 7 heteroatoms. The number of aryl methyl sites for hydroxylation is 1. The molecule has 172 valence electrons. The van der Waals surface area contributed by atoms with Gasteiger partial charge in [0.15, 0.2) is 6.10 Å². The number of hydrogen-bond acceptors (Lipinski definition) is 5. The Kier molecular flexibility index (Phi) is 9.32. The van der Waals surface area contributed by atoms with E-state index in [9.17, 15) is 14.4 Å². The molecular formula is C25H32N2O4S. The standard InChI is InChI=1S/C25H32N2O4S/c1-16(2)27(17(3)4)24(29)19(6)31-25(30)21-9-7-8-10-22(21)32-15-23(28)26-20-13-11-18(5)12-14-20/h7-14,16-17,19H,15H2,1-6H3,(H,26,28). The lowest BCUT2D eigenvalue weighted by Gasteiger charge is -2.32. The van der Waals surface area contributed by atoms with E-state index >= 15 is 0 Å². The number of nitrogens with zero attached hydrogens (tertiary/aromatic N) is 1. The molecular weight excluding hydrogens is 424 g/mol. The minimum atomic E-state index is -0.907. The highest BCUT2D eigenvalue weighted by Crippen LogP contribution is 2.24. The first kappa shape index (κ1) is 25.5. The maximum Gasteiger partial charge on any atom is 0.340 e. The van der Waals surface area contributed by atoms with Gasteiger partial charge in [0.05, 0.1) is 11.3 Å². The molecule has 0 radical (unpaired) electrons. The average Bonchev–Trinajstić information content (AvgIpc) is 2.73. The third-order valence-corrected chi connectivity index (χ3v) is 5.87. The van der Waals surface area contributed by atoms with Crippen LogP contribution in [0.5, 0.6) is 0 Å². The van der Waals surface area contributed by atoms with Crippen molar-refractivity contribution in [2.75, 3.05) is 11.1 Å². The van der Waals surface area contributed by atoms with Gasteiger partial charge in [0, 0.05) is 22.7 Å². The fraction of sp³-hybridized carbons (Fsp3) is 0.400. The number of carbonyl (C=O) groups excluding carboxylic acids is 3. The van der Waals surface area contributed by atoms with Gasteiger partial charge in [0.2, 0.25) is 5.91 Å². The van der Waals surface area contributed by atoms with Gasteiger partial charge in [-0.3, -0.25) is 9.59 Å². The van der Waals surface area contributed by atoms with Gasteiger partial charge in [-0.15, -0.1) is 11.8 Å². The number of benzene rings is 2. The van der Waals surface area contributed by atoms with Gasteiger partial charge in [-0.05, 0) is 65.8 Å². The van der Waals surface area contributed by atoms with Gasteiger partial charge >= 0.3 is 5.97 Å². The second-order valence-corrected chi connectivity index (χ2v) is 9.20. The monoisotopic (exact) mass is 456 g/mol. The lowest BCUT2D eigenvalue weighted by atomic mass is 10.2. The zero-order valence-electron chi connectivity index (χ0n) is 19.5. The molecule has 0 saturated heterocycles. The fourth-order valence-electron chi connectivity index (χ4n) is 3.33. The van der Waals surface area contributed by atoms with Crippen molar-refractivity contribution in [2.45, 2.75) is 64.6 Å². The maximum atomic E-state index is 12.8. The van der Waals surface area contributed by atoms with Crippen LogP contribution in [0.25, 0.3) is 0 Å². The van der Waals surface area contributed by atoms with Crippen LogP contribution in [0.4, 0.5) is 5.69 Å². The smallest absolute Gasteiger partial charge is 0.340 e. The van der Waals surface area contributed by atoms with E-state index in [-0.39, 0.29) is 29.7 Å². The number of ether oxygens (including phenoxy) is 1. The first-order chi connectivity index (χ1) is 15.1. The van der Waals surface area contributed by atoms with Crippen molar-refractivity contribution in [3.63, 3.8) is 0 Å². The molecule has 1 atom stereocenters. The van der Waals surface area contributed by atoms with Crippen molar-refractivity contribution in [3.05, 3.63) is 59.7 Å². The first-order valence-corrected chi connectivity index (χ1v) is 11.7. The number of amides is 2. The van der Waals surface area contributed by atoms with Crippen molar-refractivity contribution in [1.82, 2.24) is 4.90 Å². The largest absolute Gasteiger partial charge is 0.449 e. The van der Waals surface area contributed by atoms with Crippen molar-refractivity contribution >= 4 is 35.2 Å². The summed E-state index contributed by atoms with van der Waals surface area (Å²) < 4.78 is 5.49. The molecule has 0 spiro atoms. The fourth-order valence-corrected chi connectivity index (χ4v) is 4.17. The number of hydrogen-bond donors (Lipinski definition) is 1. The molecule has 0 aliphatic rings. The Labute approximate surface area is 194 Å². The Bertz CT molecular complexity index is 933. The number of anilines is 1. The van der Waals surface area contributed by atoms with Crippen LogP contribution in [0.2, 0.25) is 0 Å². The van der Waals surface area contributed by atoms with E-state index in [1.807, 2.05) is 58.9 Å². The predicted molar refractivity (Wildman–Crippen MR) is 129 cm³/mol. The van der Waals surface area contributed by atoms with E-state index in [0.29, 0.717) is 10.5 Å². The van der Waals surface area contributed by atoms with Crippen molar-refractivity contribution in [1.29, 1.82) is 0 Å². The van der Waals surface area contributed by atoms with Crippen LogP contribution in [0.3, 0.4) is 0 Å². The second kappa shape index (κ2) is 11.7. The molecule has 2 amide bonds. The van der Waals surface area contributed by atoms with Crippen LogP contribution in [-0.4, -0.2) is 46.6 Å². The summed E-state index contributed by atoms with van der Waals surface area (Å²) in [6.45, 7) is 11.3. The Morgan fingerprint density at radius 3 is 2.12 bits per heavy atom. The lowest BCUT2D eigenvalue weighted by molar-refractivity contribution is -0.143. The Morgan fingerprint density at radius 2 is 1.53 bits per heavy atom. The highest BCUT2D eigenvalue weighted by atomic mass is 32.2. The van der Waals surface area contributed by atoms with Gasteiger partial charge < -0.3 is 15.0 Å². The summed E-state index contributed by atoms with van der Waals surface area (Å²) in [4.78, 5) is 40.2. The second-order valence-electron chi connectivity index (χ2n) is 8.18. The van der Waals surface area contributed by atoms with Gasteiger partial charge in [0.25, 0.3) is 5.91 Å². The van der Waals surface area contributed by atoms with Crippen molar-refractivity contribution in [2.24, 2.45) is 0 Å². The van der Waals surface area contributed by atoms with E-state index < -0.39 is 12.1 Å². The van der Waals surface area contributed by atoms with Crippen LogP contribution in [0, 0.1) is 6.92 Å². The van der Waals surface area contributed by atoms with E-state index in [0.717, 1.165) is 11.3 Å². The van der Waals surface area contributed by atoms with Gasteiger partial charge in [-0.25, -0.2) is 4.79 Å². The SMILES string of the molecule is Cc1ccc(NC(=O)CSc2ccccc2C(=O)OC(C)C(=O)N(C(C)C)C(C)C)cc1. The number of esters is 1. The van der Waals surface area contributed by atoms with E-state index in [1.165, 1.54) is 11.8 Å². The quantitative estimate of drug-likeness (QED) is 0.428. The lowest BCUT2D eigenvalue weighted by Crippen LogP contribution is -2.47. The molecule has 0 aromatic heterocycles. The third kappa shape index (κ3) is 7.12. The summed E-state index contributed by atoms with van der Waals surface area (Å²) >= 11 is 1.25. The summed E-state index contributed by atoms with van der Waals surface area (Å²) in [5.74, 6) is -0.845. The molecule has 1 unspecified atom stereocenters. The summed E-state index contributed by atoms with van der Waals surface area (Å²) in [6, 6.07) is 14.5. The van der Waals surface area contributed by atoms with Crippen LogP contribution >= 0.6 is 11.8 Å². The predicted octanol–water partition coefficient (Wildman–Crippen LogP) is 4.92. The van der Waals surface area contributed by atoms with E-state index in [2.05, 4.69) is 5.32 Å². The normalized spacial score (nSPS) is 11.9. The molecule has 2 rings (SSSR count). The van der Waals surface area contributed by atoms with Gasteiger partial charge in [-0.1, -0.05) is 29.8 Å². The number of thioether (sulfide) groups is 1. The van der Waals surface area contributed by atoms with Crippen LogP contribution < -0.4 is 5.32 Å². The molecule has 0 fully saturated rings. The van der Waals surface area contributed by atoms with Crippen molar-refractivity contribution in [3.8, 4) is 0 Å². The highest BCUT2D eigenvalue weighted by molar-refractivity contribution is 8.00. The summed E-state index contributed by atoms with van der Waals surface area (Å²) in [7, 11) is 0. The van der Waals surface area contributed by atoms with Crippen LogP contribution in [0.15, 0.2) is 53.4 Å². The molecule has 0 heterocycles. The molecule has 1 N–H and O–H groups in total. The number of rotatable bonds is 9. The Hall–Kier alpha value is -2.80. The highest BCUT2D eigenvalue weighted by Gasteiger charge is 2.28. The first-order valence-electron chi connectivity index (χ1n) is 10.7. The molecule has 32 heavy (non-hydrogen) atoms. The minimum absolute atomic E-state index is 0.00136. The molecule has 0 bridgehead atoms. The minimum Gasteiger partial charge on any atom is -0.449 e. The van der Waals surface area contributed by atoms with E-state index in [4.69, 9.17) is 4.74 Å². The summed E-state index contributed by atoms with van der Waals surface area (Å²) in [6.07, 6.45) is -0.907. The Morgan fingerprint density at radius 1 is 0.938 bits per heavy atom. The van der Waals surface area contributed by atoms with Crippen molar-refractivity contribution < 1.29 is 19.1 Å². The molecule has 0 aliphatic heterocycles. The molecule has 2 aromatic carbocycles. The number of nitrogens with one attached hydrogen (secondary N) is 1. The topological polar surface area (TPSA) is 75.7 Å². The summed E-state index contributed by atoms with van der Waals surface area (Å²) in [5.41, 5.74) is 2.17. The number of carbonyl (C=O) groups is 3. The maximum absolute atomic E-state index is 12.8. The van der Waals surface area contributed by atoms with Crippen LogP contribution in [-0.2, 0) is 14.3 Å². The third-order valence-electron chi connectivity index (χ3n) is 4.80. The van der Waals surface area contributed by atoms with Crippen LogP contribution in [0.1, 0.15) is 50.5 Å². The molecule has 6 nitrogen and oxygen atoms in total. The molecule has 0 saturated carbocycles. The zero-order valence-corrected chi connectivity index (χ0v) is 20.4. The van der Waals surface area contributed by atoms with Gasteiger partial charge in [-0.2, -0.15) is 0 Å². The Balaban J connectivity index is 2.02. The summed E-state index contributed by atoms with van der Waals surface area (Å²) in [5, 5.41) is 2.84. The van der Waals surface area contributed by atoms with Gasteiger partial charge in [0.1, 0.15) is 0 Å². The van der Waals surface area contributed by atoms with E-state index in [1.54, 1.807) is 36.1 Å². The zero-order chi connectivity index (χ0) is 23.8.